The number of hydrogen-bond acceptors (Lipinski definition) is 6. The molecule has 25 heavy (non-hydrogen) atoms. The molecule has 3 N–H and O–H groups in total. The molecule has 0 aliphatic heterocycles. The highest BCUT2D eigenvalue weighted by Gasteiger charge is 2.16. The Labute approximate surface area is 147 Å². The predicted molar refractivity (Wildman–Crippen MR) is 99.5 cm³/mol. The van der Waals surface area contributed by atoms with Crippen LogP contribution in [-0.2, 0) is 0 Å². The van der Waals surface area contributed by atoms with E-state index in [-0.39, 0.29) is 5.91 Å². The van der Waals surface area contributed by atoms with Crippen LogP contribution in [0.4, 0.5) is 11.4 Å². The van der Waals surface area contributed by atoms with Crippen LogP contribution in [0.5, 0.6) is 0 Å². The molecule has 4 heterocycles. The van der Waals surface area contributed by atoms with Crippen molar-refractivity contribution in [2.75, 3.05) is 11.1 Å². The standard InChI is InChI=1S/C18H13N5OS/c19-13-5-9-21-15(11-3-7-20-8-4-11)16(13)23-17(24)14-10-12-2-1-6-22-18(12)25-14/h1-10H,(H2,19,21)(H,23,24). The van der Waals surface area contributed by atoms with Gasteiger partial charge in [0.2, 0.25) is 0 Å². The third-order valence-electron chi connectivity index (χ3n) is 3.69. The predicted octanol–water partition coefficient (Wildman–Crippen LogP) is 3.59. The molecule has 0 fully saturated rings. The highest BCUT2D eigenvalue weighted by Crippen LogP contribution is 2.31. The number of carbonyl (C=O) groups is 1. The Morgan fingerprint density at radius 1 is 1.04 bits per heavy atom. The zero-order chi connectivity index (χ0) is 17.2. The zero-order valence-electron chi connectivity index (χ0n) is 13.0. The number of fused-ring (bicyclic) bond motifs is 1. The van der Waals surface area contributed by atoms with Crippen molar-refractivity contribution in [1.29, 1.82) is 0 Å². The number of amides is 1. The van der Waals surface area contributed by atoms with Crippen LogP contribution in [-0.4, -0.2) is 20.9 Å². The molecule has 0 aliphatic carbocycles. The molecule has 0 aliphatic rings. The van der Waals surface area contributed by atoms with Crippen LogP contribution in [0.3, 0.4) is 0 Å². The van der Waals surface area contributed by atoms with Gasteiger partial charge in [-0.1, -0.05) is 6.07 Å². The molecule has 7 heteroatoms. The minimum Gasteiger partial charge on any atom is -0.397 e. The number of anilines is 2. The second kappa shape index (κ2) is 6.29. The Bertz CT molecular complexity index is 1030. The molecule has 0 radical (unpaired) electrons. The van der Waals surface area contributed by atoms with Gasteiger partial charge in [-0.25, -0.2) is 4.98 Å². The van der Waals surface area contributed by atoms with E-state index in [0.29, 0.717) is 21.9 Å². The van der Waals surface area contributed by atoms with Crippen molar-refractivity contribution < 1.29 is 4.79 Å². The Morgan fingerprint density at radius 2 is 1.88 bits per heavy atom. The van der Waals surface area contributed by atoms with Crippen molar-refractivity contribution in [1.82, 2.24) is 15.0 Å². The van der Waals surface area contributed by atoms with Gasteiger partial charge in [0, 0.05) is 35.7 Å². The van der Waals surface area contributed by atoms with E-state index in [1.807, 2.05) is 30.3 Å². The van der Waals surface area contributed by atoms with Gasteiger partial charge in [0.25, 0.3) is 5.91 Å². The summed E-state index contributed by atoms with van der Waals surface area (Å²) in [5.41, 5.74) is 8.46. The summed E-state index contributed by atoms with van der Waals surface area (Å²) in [5, 5.41) is 3.83. The summed E-state index contributed by atoms with van der Waals surface area (Å²) in [5.74, 6) is -0.238. The lowest BCUT2D eigenvalue weighted by Crippen LogP contribution is -2.13. The topological polar surface area (TPSA) is 93.8 Å². The summed E-state index contributed by atoms with van der Waals surface area (Å²) < 4.78 is 0. The van der Waals surface area contributed by atoms with Crippen LogP contribution in [0.2, 0.25) is 0 Å². The summed E-state index contributed by atoms with van der Waals surface area (Å²) in [6.45, 7) is 0. The van der Waals surface area contributed by atoms with E-state index >= 15 is 0 Å². The number of thiophene rings is 1. The molecule has 0 spiro atoms. The van der Waals surface area contributed by atoms with E-state index in [2.05, 4.69) is 20.3 Å². The normalized spacial score (nSPS) is 10.7. The Kier molecular flexibility index (Phi) is 3.83. The number of carbonyl (C=O) groups excluding carboxylic acids is 1. The number of rotatable bonds is 3. The van der Waals surface area contributed by atoms with Crippen molar-refractivity contribution in [3.63, 3.8) is 0 Å². The molecule has 1 amide bonds. The van der Waals surface area contributed by atoms with Gasteiger partial charge >= 0.3 is 0 Å². The largest absolute Gasteiger partial charge is 0.397 e. The van der Waals surface area contributed by atoms with Crippen LogP contribution >= 0.6 is 11.3 Å². The lowest BCUT2D eigenvalue weighted by Gasteiger charge is -2.12. The lowest BCUT2D eigenvalue weighted by molar-refractivity contribution is 0.103. The molecule has 4 rings (SSSR count). The van der Waals surface area contributed by atoms with E-state index in [1.165, 1.54) is 11.3 Å². The van der Waals surface area contributed by atoms with Gasteiger partial charge in [0.05, 0.1) is 21.9 Å². The molecule has 122 valence electrons. The molecule has 0 saturated carbocycles. The molecule has 0 aromatic carbocycles. The van der Waals surface area contributed by atoms with Gasteiger partial charge in [-0.05, 0) is 30.3 Å². The fourth-order valence-electron chi connectivity index (χ4n) is 2.50. The molecule has 0 saturated heterocycles. The number of nitrogens with zero attached hydrogens (tertiary/aromatic N) is 3. The lowest BCUT2D eigenvalue weighted by atomic mass is 10.1. The van der Waals surface area contributed by atoms with Crippen LogP contribution < -0.4 is 11.1 Å². The van der Waals surface area contributed by atoms with Crippen molar-refractivity contribution >= 4 is 38.8 Å². The van der Waals surface area contributed by atoms with Crippen LogP contribution in [0.1, 0.15) is 9.67 Å². The molecule has 0 unspecified atom stereocenters. The average molecular weight is 347 g/mol. The number of nitrogen functional groups attached to an aromatic ring is 1. The second-order valence-electron chi connectivity index (χ2n) is 5.32. The van der Waals surface area contributed by atoms with Gasteiger partial charge in [0.15, 0.2) is 0 Å². The van der Waals surface area contributed by atoms with Crippen LogP contribution in [0, 0.1) is 0 Å². The van der Waals surface area contributed by atoms with E-state index in [1.54, 1.807) is 30.9 Å². The number of aromatic nitrogens is 3. The first kappa shape index (κ1) is 15.2. The first-order chi connectivity index (χ1) is 12.2. The van der Waals surface area contributed by atoms with Gasteiger partial charge in [-0.2, -0.15) is 0 Å². The minimum absolute atomic E-state index is 0.238. The first-order valence-electron chi connectivity index (χ1n) is 7.53. The monoisotopic (exact) mass is 347 g/mol. The molecule has 0 bridgehead atoms. The van der Waals surface area contributed by atoms with E-state index < -0.39 is 0 Å². The Morgan fingerprint density at radius 3 is 2.68 bits per heavy atom. The van der Waals surface area contributed by atoms with Gasteiger partial charge in [-0.15, -0.1) is 11.3 Å². The molecule has 6 nitrogen and oxygen atoms in total. The highest BCUT2D eigenvalue weighted by atomic mass is 32.1. The minimum atomic E-state index is -0.238. The van der Waals surface area contributed by atoms with Crippen molar-refractivity contribution in [2.24, 2.45) is 0 Å². The second-order valence-corrected chi connectivity index (χ2v) is 6.35. The molecular formula is C18H13N5OS. The maximum atomic E-state index is 12.7. The van der Waals surface area contributed by atoms with Crippen molar-refractivity contribution in [2.45, 2.75) is 0 Å². The molecular weight excluding hydrogens is 334 g/mol. The number of nitrogens with two attached hydrogens (primary N) is 1. The van der Waals surface area contributed by atoms with E-state index in [9.17, 15) is 4.79 Å². The SMILES string of the molecule is Nc1ccnc(-c2ccncc2)c1NC(=O)c1cc2cccnc2s1. The first-order valence-corrected chi connectivity index (χ1v) is 8.35. The maximum Gasteiger partial charge on any atom is 0.265 e. The van der Waals surface area contributed by atoms with Crippen LogP contribution in [0.15, 0.2) is 61.2 Å². The molecule has 0 atom stereocenters. The zero-order valence-corrected chi connectivity index (χ0v) is 13.8. The molecule has 4 aromatic rings. The van der Waals surface area contributed by atoms with Gasteiger partial charge in [0.1, 0.15) is 4.83 Å². The van der Waals surface area contributed by atoms with Crippen molar-refractivity contribution in [3.05, 3.63) is 66.1 Å². The summed E-state index contributed by atoms with van der Waals surface area (Å²) >= 11 is 1.34. The third kappa shape index (κ3) is 2.92. The smallest absolute Gasteiger partial charge is 0.265 e. The third-order valence-corrected chi connectivity index (χ3v) is 4.75. The number of nitrogens with one attached hydrogen (secondary N) is 1. The Hall–Kier alpha value is -3.32. The summed E-state index contributed by atoms with van der Waals surface area (Å²) in [6.07, 6.45) is 6.66. The fraction of sp³-hybridized carbons (Fsp3) is 0. The number of hydrogen-bond donors (Lipinski definition) is 2. The summed E-state index contributed by atoms with van der Waals surface area (Å²) in [4.78, 5) is 26.7. The average Bonchev–Trinajstić information content (AvgIpc) is 3.08. The summed E-state index contributed by atoms with van der Waals surface area (Å²) in [6, 6.07) is 10.9. The van der Waals surface area contributed by atoms with E-state index in [4.69, 9.17) is 5.73 Å². The maximum absolute atomic E-state index is 12.7. The van der Waals surface area contributed by atoms with E-state index in [0.717, 1.165) is 15.8 Å². The quantitative estimate of drug-likeness (QED) is 0.591. The van der Waals surface area contributed by atoms with Gasteiger partial charge in [-0.3, -0.25) is 14.8 Å². The fourth-order valence-corrected chi connectivity index (χ4v) is 3.39. The van der Waals surface area contributed by atoms with Crippen LogP contribution in [0.25, 0.3) is 21.5 Å². The molecule has 4 aromatic heterocycles. The Balaban J connectivity index is 1.72. The summed E-state index contributed by atoms with van der Waals surface area (Å²) in [7, 11) is 0. The highest BCUT2D eigenvalue weighted by molar-refractivity contribution is 7.20. The number of pyridine rings is 3. The van der Waals surface area contributed by atoms with Gasteiger partial charge < -0.3 is 11.1 Å². The van der Waals surface area contributed by atoms with Crippen molar-refractivity contribution in [3.8, 4) is 11.3 Å².